The van der Waals surface area contributed by atoms with Gasteiger partial charge in [0.2, 0.25) is 11.8 Å². The zero-order valence-electron chi connectivity index (χ0n) is 17.2. The molecular formula is C22H23N3O6S. The quantitative estimate of drug-likeness (QED) is 0.583. The Morgan fingerprint density at radius 3 is 2.38 bits per heavy atom. The predicted octanol–water partition coefficient (Wildman–Crippen LogP) is 0.300. The van der Waals surface area contributed by atoms with Gasteiger partial charge in [0.15, 0.2) is 15.6 Å². The molecule has 0 aliphatic carbocycles. The molecule has 32 heavy (non-hydrogen) atoms. The van der Waals surface area contributed by atoms with Crippen LogP contribution in [0.1, 0.15) is 32.7 Å². The third-order valence-corrected chi connectivity index (χ3v) is 6.66. The van der Waals surface area contributed by atoms with Crippen LogP contribution < -0.4 is 11.1 Å². The second-order valence-electron chi connectivity index (χ2n) is 7.50. The fourth-order valence-electron chi connectivity index (χ4n) is 3.44. The monoisotopic (exact) mass is 457 g/mol. The number of rotatable bonds is 8. The van der Waals surface area contributed by atoms with Crippen LogP contribution in [0, 0.1) is 0 Å². The number of carbonyl (C=O) groups is 4. The Morgan fingerprint density at radius 1 is 1.03 bits per heavy atom. The first-order chi connectivity index (χ1) is 15.2. The second kappa shape index (κ2) is 9.73. The largest absolute Gasteiger partial charge is 0.366 e. The van der Waals surface area contributed by atoms with Crippen molar-refractivity contribution >= 4 is 33.3 Å². The van der Waals surface area contributed by atoms with Gasteiger partial charge in [-0.2, -0.15) is 0 Å². The van der Waals surface area contributed by atoms with Gasteiger partial charge >= 0.3 is 0 Å². The summed E-state index contributed by atoms with van der Waals surface area (Å²) in [5.41, 5.74) is 6.09. The van der Waals surface area contributed by atoms with Gasteiger partial charge in [0.1, 0.15) is 6.04 Å². The Morgan fingerprint density at radius 2 is 1.69 bits per heavy atom. The molecular weight excluding hydrogens is 434 g/mol. The van der Waals surface area contributed by atoms with Crippen LogP contribution in [0.2, 0.25) is 0 Å². The lowest BCUT2D eigenvalue weighted by atomic mass is 10.1. The van der Waals surface area contributed by atoms with E-state index in [1.165, 1.54) is 17.0 Å². The standard InChI is InChI=1S/C22H23N3O6S/c23-21(28)17-9-5-4-8-16(17)14-32(30,31)11-10-20(27)24-18-12-25(13-19(18)26)22(29)15-6-2-1-3-7-15/h1-9,18H,10-14H2,(H2,23,28)(H,24,27)/t18-/m0/s1. The Kier molecular flexibility index (Phi) is 7.04. The molecule has 2 aromatic carbocycles. The summed E-state index contributed by atoms with van der Waals surface area (Å²) >= 11 is 0. The van der Waals surface area contributed by atoms with Crippen LogP contribution in [-0.4, -0.2) is 61.7 Å². The van der Waals surface area contributed by atoms with Gasteiger partial charge in [0, 0.05) is 24.1 Å². The van der Waals surface area contributed by atoms with Crippen molar-refractivity contribution in [2.45, 2.75) is 18.2 Å². The number of nitrogens with one attached hydrogen (secondary N) is 1. The van der Waals surface area contributed by atoms with E-state index in [2.05, 4.69) is 5.32 Å². The number of Topliss-reactive ketones (excluding diaryl/α,β-unsaturated/α-hetero) is 1. The lowest BCUT2D eigenvalue weighted by Crippen LogP contribution is -2.41. The van der Waals surface area contributed by atoms with Crippen LogP contribution >= 0.6 is 0 Å². The van der Waals surface area contributed by atoms with E-state index < -0.39 is 39.2 Å². The van der Waals surface area contributed by atoms with Crippen molar-refractivity contribution in [3.05, 3.63) is 71.3 Å². The number of likely N-dealkylation sites (tertiary alicyclic amines) is 1. The van der Waals surface area contributed by atoms with Crippen molar-refractivity contribution in [1.82, 2.24) is 10.2 Å². The number of hydrogen-bond acceptors (Lipinski definition) is 6. The summed E-state index contributed by atoms with van der Waals surface area (Å²) in [5.74, 6) is -2.86. The topological polar surface area (TPSA) is 144 Å². The molecule has 1 heterocycles. The maximum Gasteiger partial charge on any atom is 0.254 e. The maximum absolute atomic E-state index is 12.5. The van der Waals surface area contributed by atoms with E-state index in [-0.39, 0.29) is 42.3 Å². The Bertz CT molecular complexity index is 1150. The molecule has 0 aromatic heterocycles. The molecule has 10 heteroatoms. The van der Waals surface area contributed by atoms with E-state index in [9.17, 15) is 27.6 Å². The van der Waals surface area contributed by atoms with Crippen molar-refractivity contribution in [3.8, 4) is 0 Å². The van der Waals surface area contributed by atoms with Gasteiger partial charge in [-0.1, -0.05) is 36.4 Å². The first-order valence-corrected chi connectivity index (χ1v) is 11.7. The van der Waals surface area contributed by atoms with Crippen LogP contribution in [0.5, 0.6) is 0 Å². The molecule has 1 aliphatic heterocycles. The van der Waals surface area contributed by atoms with E-state index in [1.54, 1.807) is 42.5 Å². The minimum absolute atomic E-state index is 0.0248. The van der Waals surface area contributed by atoms with Gasteiger partial charge < -0.3 is 16.0 Å². The third-order valence-electron chi connectivity index (χ3n) is 5.08. The van der Waals surface area contributed by atoms with Crippen molar-refractivity contribution < 1.29 is 27.6 Å². The average molecular weight is 458 g/mol. The first-order valence-electron chi connectivity index (χ1n) is 9.91. The number of nitrogens with two attached hydrogens (primary N) is 1. The van der Waals surface area contributed by atoms with Gasteiger partial charge in [0.05, 0.1) is 18.1 Å². The smallest absolute Gasteiger partial charge is 0.254 e. The number of nitrogens with zero attached hydrogens (tertiary/aromatic N) is 1. The minimum atomic E-state index is -3.71. The first kappa shape index (κ1) is 23.1. The number of ketones is 1. The molecule has 168 valence electrons. The number of primary amides is 1. The van der Waals surface area contributed by atoms with Crippen molar-refractivity contribution in [1.29, 1.82) is 0 Å². The van der Waals surface area contributed by atoms with Crippen LogP contribution in [0.25, 0.3) is 0 Å². The average Bonchev–Trinajstić information content (AvgIpc) is 3.12. The Labute approximate surface area is 185 Å². The zero-order valence-corrected chi connectivity index (χ0v) is 18.0. The highest BCUT2D eigenvalue weighted by Gasteiger charge is 2.35. The van der Waals surface area contributed by atoms with Gasteiger partial charge in [-0.05, 0) is 23.8 Å². The van der Waals surface area contributed by atoms with Crippen LogP contribution in [0.4, 0.5) is 0 Å². The van der Waals surface area contributed by atoms with Gasteiger partial charge in [0.25, 0.3) is 5.91 Å². The number of sulfone groups is 1. The molecule has 3 N–H and O–H groups in total. The highest BCUT2D eigenvalue weighted by atomic mass is 32.2. The lowest BCUT2D eigenvalue weighted by Gasteiger charge is -2.16. The van der Waals surface area contributed by atoms with Crippen LogP contribution in [0.15, 0.2) is 54.6 Å². The highest BCUT2D eigenvalue weighted by Crippen LogP contribution is 2.14. The molecule has 0 saturated carbocycles. The zero-order chi connectivity index (χ0) is 23.3. The minimum Gasteiger partial charge on any atom is -0.366 e. The van der Waals surface area contributed by atoms with E-state index in [1.807, 2.05) is 0 Å². The lowest BCUT2D eigenvalue weighted by molar-refractivity contribution is -0.125. The summed E-state index contributed by atoms with van der Waals surface area (Å²) in [6, 6.07) is 13.7. The fourth-order valence-corrected chi connectivity index (χ4v) is 4.81. The molecule has 1 atom stereocenters. The van der Waals surface area contributed by atoms with Crippen molar-refractivity contribution in [3.63, 3.8) is 0 Å². The number of benzene rings is 2. The van der Waals surface area contributed by atoms with Crippen LogP contribution in [0.3, 0.4) is 0 Å². The maximum atomic E-state index is 12.5. The summed E-state index contributed by atoms with van der Waals surface area (Å²) in [5, 5.41) is 2.51. The van der Waals surface area contributed by atoms with Gasteiger partial charge in [-0.15, -0.1) is 0 Å². The summed E-state index contributed by atoms with van der Waals surface area (Å²) in [7, 11) is -3.71. The van der Waals surface area contributed by atoms with E-state index >= 15 is 0 Å². The molecule has 1 aliphatic rings. The molecule has 1 fully saturated rings. The van der Waals surface area contributed by atoms with Crippen molar-refractivity contribution in [2.75, 3.05) is 18.8 Å². The molecule has 9 nitrogen and oxygen atoms in total. The number of carbonyl (C=O) groups excluding carboxylic acids is 4. The number of hydrogen-bond donors (Lipinski definition) is 2. The normalized spacial score (nSPS) is 16.1. The summed E-state index contributed by atoms with van der Waals surface area (Å²) in [6.45, 7) is -0.0993. The molecule has 0 bridgehead atoms. The summed E-state index contributed by atoms with van der Waals surface area (Å²) in [4.78, 5) is 49.8. The molecule has 0 unspecified atom stereocenters. The SMILES string of the molecule is NC(=O)c1ccccc1CS(=O)(=O)CCC(=O)N[C@H]1CN(C(=O)c2ccccc2)CC1=O. The fraction of sp³-hybridized carbons (Fsp3) is 0.273. The van der Waals surface area contributed by atoms with E-state index in [4.69, 9.17) is 5.73 Å². The predicted molar refractivity (Wildman–Crippen MR) is 116 cm³/mol. The third kappa shape index (κ3) is 5.79. The second-order valence-corrected chi connectivity index (χ2v) is 9.69. The summed E-state index contributed by atoms with van der Waals surface area (Å²) < 4.78 is 24.9. The van der Waals surface area contributed by atoms with Gasteiger partial charge in [-0.25, -0.2) is 8.42 Å². The van der Waals surface area contributed by atoms with Crippen molar-refractivity contribution in [2.24, 2.45) is 5.73 Å². The molecule has 0 spiro atoms. The molecule has 2 aromatic rings. The molecule has 1 saturated heterocycles. The highest BCUT2D eigenvalue weighted by molar-refractivity contribution is 7.90. The van der Waals surface area contributed by atoms with Crippen LogP contribution in [-0.2, 0) is 25.2 Å². The molecule has 0 radical (unpaired) electrons. The number of amides is 3. The van der Waals surface area contributed by atoms with Gasteiger partial charge in [-0.3, -0.25) is 19.2 Å². The Hall–Kier alpha value is -3.53. The molecule has 3 amide bonds. The van der Waals surface area contributed by atoms with E-state index in [0.29, 0.717) is 5.56 Å². The Balaban J connectivity index is 1.54. The van der Waals surface area contributed by atoms with E-state index in [0.717, 1.165) is 0 Å². The summed E-state index contributed by atoms with van der Waals surface area (Å²) in [6.07, 6.45) is -0.350. The molecule has 3 rings (SSSR count).